The summed E-state index contributed by atoms with van der Waals surface area (Å²) < 4.78 is 21.4. The summed E-state index contributed by atoms with van der Waals surface area (Å²) >= 11 is 0. The third-order valence-electron chi connectivity index (χ3n) is 4.55. The molecule has 30 heavy (non-hydrogen) atoms. The van der Waals surface area contributed by atoms with Crippen LogP contribution in [0.4, 0.5) is 0 Å². The number of rotatable bonds is 10. The van der Waals surface area contributed by atoms with Crippen molar-refractivity contribution in [3.63, 3.8) is 0 Å². The van der Waals surface area contributed by atoms with Crippen LogP contribution in [0.1, 0.15) is 11.1 Å². The number of guanidine groups is 1. The van der Waals surface area contributed by atoms with E-state index in [2.05, 4.69) is 15.6 Å². The van der Waals surface area contributed by atoms with Crippen molar-refractivity contribution in [1.82, 2.24) is 10.6 Å². The van der Waals surface area contributed by atoms with Crippen LogP contribution in [0.15, 0.2) is 41.4 Å². The molecule has 0 saturated heterocycles. The number of ether oxygens (including phenoxy) is 4. The molecule has 0 aliphatic carbocycles. The maximum absolute atomic E-state index is 5.43. The van der Waals surface area contributed by atoms with Crippen LogP contribution in [-0.4, -0.2) is 54.5 Å². The predicted octanol–water partition coefficient (Wildman–Crippen LogP) is 3.29. The molecular formula is C22H32IN3O4. The lowest BCUT2D eigenvalue weighted by Crippen LogP contribution is -2.39. The highest BCUT2D eigenvalue weighted by molar-refractivity contribution is 14.0. The van der Waals surface area contributed by atoms with Crippen molar-refractivity contribution < 1.29 is 18.9 Å². The first kappa shape index (κ1) is 25.7. The van der Waals surface area contributed by atoms with E-state index < -0.39 is 0 Å². The van der Waals surface area contributed by atoms with E-state index in [1.54, 1.807) is 35.5 Å². The van der Waals surface area contributed by atoms with Gasteiger partial charge < -0.3 is 29.6 Å². The van der Waals surface area contributed by atoms with E-state index in [1.807, 2.05) is 36.4 Å². The van der Waals surface area contributed by atoms with E-state index in [1.165, 1.54) is 0 Å². The van der Waals surface area contributed by atoms with Gasteiger partial charge in [0.05, 0.1) is 28.4 Å². The van der Waals surface area contributed by atoms with Gasteiger partial charge >= 0.3 is 0 Å². The van der Waals surface area contributed by atoms with Gasteiger partial charge in [-0.3, -0.25) is 4.99 Å². The van der Waals surface area contributed by atoms with Gasteiger partial charge in [0, 0.05) is 20.1 Å². The lowest BCUT2D eigenvalue weighted by Gasteiger charge is -2.14. The average molecular weight is 529 g/mol. The highest BCUT2D eigenvalue weighted by Gasteiger charge is 2.07. The van der Waals surface area contributed by atoms with Crippen molar-refractivity contribution in [1.29, 1.82) is 0 Å². The van der Waals surface area contributed by atoms with Crippen molar-refractivity contribution in [3.05, 3.63) is 47.5 Å². The first-order chi connectivity index (χ1) is 14.1. The molecule has 8 heteroatoms. The number of methoxy groups -OCH3 is 4. The minimum Gasteiger partial charge on any atom is -0.497 e. The van der Waals surface area contributed by atoms with Crippen LogP contribution in [0.5, 0.6) is 23.0 Å². The van der Waals surface area contributed by atoms with Crippen LogP contribution in [0, 0.1) is 0 Å². The monoisotopic (exact) mass is 529 g/mol. The molecule has 2 N–H and O–H groups in total. The molecule has 0 bridgehead atoms. The molecule has 0 aromatic heterocycles. The molecule has 0 aliphatic rings. The van der Waals surface area contributed by atoms with Gasteiger partial charge in [0.1, 0.15) is 11.5 Å². The Morgan fingerprint density at radius 2 is 1.40 bits per heavy atom. The SMILES string of the molecule is CN=C(NCCc1ccc(OC)c(OC)c1)NCCc1cc(OC)ccc1OC.I. The van der Waals surface area contributed by atoms with Gasteiger partial charge in [-0.2, -0.15) is 0 Å². The standard InChI is InChI=1S/C22H31N3O4.HI/c1-23-22(24-12-10-16-6-8-20(28-4)21(14-16)29-5)25-13-11-17-15-18(26-2)7-9-19(17)27-3;/h6-9,14-15H,10-13H2,1-5H3,(H2,23,24,25);1H. The minimum atomic E-state index is 0. The summed E-state index contributed by atoms with van der Waals surface area (Å²) in [7, 11) is 8.37. The van der Waals surface area contributed by atoms with Gasteiger partial charge in [-0.15, -0.1) is 24.0 Å². The molecule has 7 nitrogen and oxygen atoms in total. The lowest BCUT2D eigenvalue weighted by molar-refractivity contribution is 0.354. The predicted molar refractivity (Wildman–Crippen MR) is 131 cm³/mol. The molecule has 0 radical (unpaired) electrons. The Morgan fingerprint density at radius 1 is 0.767 bits per heavy atom. The lowest BCUT2D eigenvalue weighted by atomic mass is 10.1. The Bertz CT molecular complexity index is 815. The van der Waals surface area contributed by atoms with E-state index in [9.17, 15) is 0 Å². The topological polar surface area (TPSA) is 73.3 Å². The van der Waals surface area contributed by atoms with E-state index in [-0.39, 0.29) is 24.0 Å². The molecule has 0 spiro atoms. The molecule has 0 atom stereocenters. The Kier molecular flexibility index (Phi) is 11.8. The minimum absolute atomic E-state index is 0. The third-order valence-corrected chi connectivity index (χ3v) is 4.55. The molecule has 0 saturated carbocycles. The molecule has 166 valence electrons. The summed E-state index contributed by atoms with van der Waals surface area (Å²) in [6.07, 6.45) is 1.63. The van der Waals surface area contributed by atoms with Gasteiger partial charge in [-0.05, 0) is 54.3 Å². The number of hydrogen-bond donors (Lipinski definition) is 2. The summed E-state index contributed by atoms with van der Waals surface area (Å²) in [6.45, 7) is 1.47. The van der Waals surface area contributed by atoms with Crippen LogP contribution < -0.4 is 29.6 Å². The zero-order valence-electron chi connectivity index (χ0n) is 18.3. The molecule has 0 unspecified atom stereocenters. The van der Waals surface area contributed by atoms with E-state index in [0.29, 0.717) is 0 Å². The summed E-state index contributed by atoms with van der Waals surface area (Å²) in [6, 6.07) is 11.8. The number of halogens is 1. The molecule has 0 heterocycles. The fourth-order valence-corrected chi connectivity index (χ4v) is 2.97. The molecule has 2 rings (SSSR count). The number of nitrogens with zero attached hydrogens (tertiary/aromatic N) is 1. The van der Waals surface area contributed by atoms with Gasteiger partial charge in [0.25, 0.3) is 0 Å². The number of aliphatic imine (C=N–C) groups is 1. The highest BCUT2D eigenvalue weighted by atomic mass is 127. The first-order valence-corrected chi connectivity index (χ1v) is 9.51. The Hall–Kier alpha value is -2.36. The maximum atomic E-state index is 5.43. The van der Waals surface area contributed by atoms with Crippen molar-refractivity contribution in [2.24, 2.45) is 4.99 Å². The Morgan fingerprint density at radius 3 is 2.00 bits per heavy atom. The molecule has 2 aromatic rings. The smallest absolute Gasteiger partial charge is 0.190 e. The van der Waals surface area contributed by atoms with Gasteiger partial charge in [-0.25, -0.2) is 0 Å². The summed E-state index contributed by atoms with van der Waals surface area (Å²) in [4.78, 5) is 4.28. The van der Waals surface area contributed by atoms with Crippen LogP contribution in [0.2, 0.25) is 0 Å². The molecule has 0 fully saturated rings. The second-order valence-corrected chi connectivity index (χ2v) is 6.29. The molecular weight excluding hydrogens is 497 g/mol. The quantitative estimate of drug-likeness (QED) is 0.280. The fourth-order valence-electron chi connectivity index (χ4n) is 2.97. The van der Waals surface area contributed by atoms with Crippen LogP contribution in [0.25, 0.3) is 0 Å². The fraction of sp³-hybridized carbons (Fsp3) is 0.409. The highest BCUT2D eigenvalue weighted by Crippen LogP contribution is 2.27. The van der Waals surface area contributed by atoms with Crippen LogP contribution in [0.3, 0.4) is 0 Å². The van der Waals surface area contributed by atoms with Gasteiger partial charge in [0.2, 0.25) is 0 Å². The summed E-state index contributed by atoms with van der Waals surface area (Å²) in [5, 5.41) is 6.66. The molecule has 0 amide bonds. The largest absolute Gasteiger partial charge is 0.497 e. The van der Waals surface area contributed by atoms with Crippen molar-refractivity contribution in [2.45, 2.75) is 12.8 Å². The first-order valence-electron chi connectivity index (χ1n) is 9.51. The second kappa shape index (κ2) is 13.8. The maximum Gasteiger partial charge on any atom is 0.190 e. The number of hydrogen-bond acceptors (Lipinski definition) is 5. The Labute approximate surface area is 196 Å². The molecule has 2 aromatic carbocycles. The van der Waals surface area contributed by atoms with E-state index >= 15 is 0 Å². The zero-order chi connectivity index (χ0) is 21.1. The van der Waals surface area contributed by atoms with Crippen molar-refractivity contribution >= 4 is 29.9 Å². The third kappa shape index (κ3) is 7.47. The number of benzene rings is 2. The van der Waals surface area contributed by atoms with Gasteiger partial charge in [0.15, 0.2) is 17.5 Å². The second-order valence-electron chi connectivity index (χ2n) is 6.29. The van der Waals surface area contributed by atoms with Crippen molar-refractivity contribution in [3.8, 4) is 23.0 Å². The van der Waals surface area contributed by atoms with E-state index in [4.69, 9.17) is 18.9 Å². The number of nitrogens with one attached hydrogen (secondary N) is 2. The zero-order valence-corrected chi connectivity index (χ0v) is 20.6. The van der Waals surface area contributed by atoms with Crippen molar-refractivity contribution in [2.75, 3.05) is 48.6 Å². The van der Waals surface area contributed by atoms with Gasteiger partial charge in [-0.1, -0.05) is 6.07 Å². The normalized spacial score (nSPS) is 10.6. The van der Waals surface area contributed by atoms with Crippen LogP contribution >= 0.6 is 24.0 Å². The molecule has 0 aliphatic heterocycles. The van der Waals surface area contributed by atoms with Crippen LogP contribution in [-0.2, 0) is 12.8 Å². The summed E-state index contributed by atoms with van der Waals surface area (Å²) in [5.74, 6) is 3.89. The average Bonchev–Trinajstić information content (AvgIpc) is 2.77. The summed E-state index contributed by atoms with van der Waals surface area (Å²) in [5.41, 5.74) is 2.24. The van der Waals surface area contributed by atoms with E-state index in [0.717, 1.165) is 66.0 Å². The Balaban J connectivity index is 0.00000450.